The molecule has 2 N–H and O–H groups in total. The molecule has 5 rings (SSSR count). The first-order valence-corrected chi connectivity index (χ1v) is 14.9. The lowest BCUT2D eigenvalue weighted by molar-refractivity contribution is -0.137. The van der Waals surface area contributed by atoms with Crippen LogP contribution in [0.5, 0.6) is 11.5 Å². The van der Waals surface area contributed by atoms with Crippen LogP contribution in [-0.4, -0.2) is 79.1 Å². The maximum Gasteiger partial charge on any atom is 0.455 e. The zero-order chi connectivity index (χ0) is 30.8. The first kappa shape index (κ1) is 31.2. The summed E-state index contributed by atoms with van der Waals surface area (Å²) in [6, 6.07) is 9.21. The number of likely N-dealkylation sites (tertiary alicyclic amines) is 1. The molecule has 2 aliphatic heterocycles. The molecule has 1 aromatic heterocycles. The van der Waals surface area contributed by atoms with Crippen LogP contribution in [0.2, 0.25) is 6.32 Å². The highest BCUT2D eigenvalue weighted by Gasteiger charge is 2.59. The van der Waals surface area contributed by atoms with Crippen molar-refractivity contribution in [3.05, 3.63) is 62.5 Å². The summed E-state index contributed by atoms with van der Waals surface area (Å²) in [6.45, 7) is 0.222. The van der Waals surface area contributed by atoms with Crippen LogP contribution < -0.4 is 4.74 Å². The third-order valence-corrected chi connectivity index (χ3v) is 9.09. The number of ether oxygens (including phenoxy) is 3. The Hall–Kier alpha value is -3.27. The predicted octanol–water partition coefficient (Wildman–Crippen LogP) is 3.93. The monoisotopic (exact) mass is 702 g/mol. The summed E-state index contributed by atoms with van der Waals surface area (Å²) in [4.78, 5) is 44.1. The minimum atomic E-state index is -1.17. The number of fused-ring (bicyclic) bond motifs is 3. The Morgan fingerprint density at radius 3 is 2.67 bits per heavy atom. The number of hydrogen-bond acceptors (Lipinski definition) is 10. The lowest BCUT2D eigenvalue weighted by Crippen LogP contribution is -2.46. The molecule has 11 nitrogen and oxygen atoms in total. The number of rotatable bonds is 8. The largest absolute Gasteiger partial charge is 0.504 e. The van der Waals surface area contributed by atoms with Gasteiger partial charge in [-0.15, -0.1) is 0 Å². The number of phenols is 1. The first-order valence-electron chi connectivity index (χ1n) is 13.9. The summed E-state index contributed by atoms with van der Waals surface area (Å²) >= 11 is 2.05. The smallest absolute Gasteiger partial charge is 0.455 e. The molecule has 3 heterocycles. The first-order chi connectivity index (χ1) is 20.7. The van der Waals surface area contributed by atoms with Crippen molar-refractivity contribution >= 4 is 59.3 Å². The number of phenolic OH excluding ortho intramolecular Hbond substituents is 1. The molecule has 2 fully saturated rings. The van der Waals surface area contributed by atoms with E-state index in [1.165, 1.54) is 7.11 Å². The molecule has 1 aliphatic carbocycles. The maximum atomic E-state index is 13.4. The van der Waals surface area contributed by atoms with Crippen LogP contribution in [-0.2, 0) is 23.7 Å². The molecule has 3 amide bonds. The highest BCUT2D eigenvalue weighted by Crippen LogP contribution is 2.51. The van der Waals surface area contributed by atoms with Gasteiger partial charge in [-0.1, -0.05) is 6.07 Å². The van der Waals surface area contributed by atoms with Gasteiger partial charge in [0.25, 0.3) is 0 Å². The quantitative estimate of drug-likeness (QED) is 0.180. The highest BCUT2D eigenvalue weighted by molar-refractivity contribution is 14.1. The number of amides is 3. The van der Waals surface area contributed by atoms with E-state index in [0.717, 1.165) is 35.1 Å². The van der Waals surface area contributed by atoms with Crippen LogP contribution in [0.25, 0.3) is 11.6 Å². The second kappa shape index (κ2) is 13.2. The second-order valence-corrected chi connectivity index (χ2v) is 11.9. The van der Waals surface area contributed by atoms with Crippen molar-refractivity contribution in [2.75, 3.05) is 27.9 Å². The van der Waals surface area contributed by atoms with Gasteiger partial charge in [-0.2, -0.15) is 4.90 Å². The van der Waals surface area contributed by atoms with Gasteiger partial charge in [-0.3, -0.25) is 14.6 Å². The van der Waals surface area contributed by atoms with Crippen LogP contribution in [0, 0.1) is 21.3 Å². The summed E-state index contributed by atoms with van der Waals surface area (Å²) in [5.74, 6) is -2.84. The van der Waals surface area contributed by atoms with Crippen molar-refractivity contribution in [1.29, 1.82) is 0 Å². The number of hydrogen-bond donors (Lipinski definition) is 2. The van der Waals surface area contributed by atoms with Gasteiger partial charge in [0.05, 0.1) is 48.0 Å². The van der Waals surface area contributed by atoms with Crippen molar-refractivity contribution in [1.82, 2.24) is 9.88 Å². The molecule has 43 heavy (non-hydrogen) atoms. The fourth-order valence-electron chi connectivity index (χ4n) is 6.49. The van der Waals surface area contributed by atoms with E-state index in [1.807, 2.05) is 52.9 Å². The standard InChI is InChI=1S/C30H32BIN2O9/c1-40-15-18-13-19-26(29(37)34(28(19)36)30(38)42-3)20-14-31(39)43-23(25(18)20)8-7-17(22-6-4-5-9-33-22)10-16-11-21(32)27(35)24(12-16)41-2/h4-6,9-12,19-20,23,26,35,39H,7-8,13-15H2,1-3H3/b17-10-/t19-,20+,23-,26-/m1/s1. The topological polar surface area (TPSA) is 145 Å². The Morgan fingerprint density at radius 1 is 1.21 bits per heavy atom. The lowest BCUT2D eigenvalue weighted by atomic mass is 9.58. The van der Waals surface area contributed by atoms with E-state index >= 15 is 0 Å². The number of allylic oxidation sites excluding steroid dienone is 1. The van der Waals surface area contributed by atoms with Gasteiger partial charge in [0.15, 0.2) is 11.5 Å². The van der Waals surface area contributed by atoms with E-state index in [-0.39, 0.29) is 25.1 Å². The Balaban J connectivity index is 1.50. The Kier molecular flexibility index (Phi) is 9.54. The van der Waals surface area contributed by atoms with E-state index in [0.29, 0.717) is 27.1 Å². The van der Waals surface area contributed by atoms with Gasteiger partial charge >= 0.3 is 13.2 Å². The van der Waals surface area contributed by atoms with Crippen LogP contribution in [0.1, 0.15) is 30.5 Å². The number of methoxy groups -OCH3 is 3. The molecule has 226 valence electrons. The number of carbonyl (C=O) groups is 3. The van der Waals surface area contributed by atoms with Gasteiger partial charge in [0.2, 0.25) is 11.8 Å². The lowest BCUT2D eigenvalue weighted by Gasteiger charge is -2.43. The summed E-state index contributed by atoms with van der Waals surface area (Å²) in [7, 11) is 3.01. The average molecular weight is 702 g/mol. The van der Waals surface area contributed by atoms with Crippen molar-refractivity contribution in [3.8, 4) is 11.5 Å². The number of aromatic nitrogens is 1. The van der Waals surface area contributed by atoms with Gasteiger partial charge in [0, 0.05) is 13.3 Å². The molecule has 0 saturated carbocycles. The molecular weight excluding hydrogens is 670 g/mol. The zero-order valence-corrected chi connectivity index (χ0v) is 26.1. The molecule has 0 radical (unpaired) electrons. The van der Waals surface area contributed by atoms with E-state index < -0.39 is 48.9 Å². The number of imide groups is 3. The number of aromatic hydroxyl groups is 1. The number of halogens is 1. The summed E-state index contributed by atoms with van der Waals surface area (Å²) in [6.07, 6.45) is 3.38. The normalized spacial score (nSPS) is 23.8. The second-order valence-electron chi connectivity index (χ2n) is 10.7. The van der Waals surface area contributed by atoms with Gasteiger partial charge in [0.1, 0.15) is 0 Å². The van der Waals surface area contributed by atoms with Crippen LogP contribution >= 0.6 is 22.6 Å². The minimum Gasteiger partial charge on any atom is -0.504 e. The molecule has 0 spiro atoms. The van der Waals surface area contributed by atoms with Crippen LogP contribution in [0.4, 0.5) is 4.79 Å². The fourth-order valence-corrected chi connectivity index (χ4v) is 7.11. The predicted molar refractivity (Wildman–Crippen MR) is 165 cm³/mol. The third kappa shape index (κ3) is 6.08. The fraction of sp³-hybridized carbons (Fsp3) is 0.400. The van der Waals surface area contributed by atoms with E-state index in [9.17, 15) is 24.5 Å². The molecule has 2 saturated heterocycles. The van der Waals surface area contributed by atoms with Gasteiger partial charge in [-0.25, -0.2) is 4.79 Å². The minimum absolute atomic E-state index is 0.0641. The van der Waals surface area contributed by atoms with Crippen molar-refractivity contribution in [2.45, 2.75) is 31.7 Å². The third-order valence-electron chi connectivity index (χ3n) is 8.27. The average Bonchev–Trinajstić information content (AvgIpc) is 3.25. The van der Waals surface area contributed by atoms with Crippen molar-refractivity contribution in [2.24, 2.45) is 17.8 Å². The number of carbonyl (C=O) groups excluding carboxylic acids is 3. The van der Waals surface area contributed by atoms with E-state index in [1.54, 1.807) is 19.4 Å². The van der Waals surface area contributed by atoms with Crippen molar-refractivity contribution < 1.29 is 43.4 Å². The van der Waals surface area contributed by atoms with E-state index in [4.69, 9.17) is 18.9 Å². The number of nitrogens with zero attached hydrogens (tertiary/aromatic N) is 2. The Bertz CT molecular complexity index is 1480. The SMILES string of the molecule is COCC1=C2[C@@H](CC/C(=C/c3cc(I)c(O)c(OC)c3)c3ccccn3)OB(O)C[C@@H]2[C@@H]2C(=O)N(C(=O)OC)C(=O)[C@@H]2C1. The zero-order valence-electron chi connectivity index (χ0n) is 24.0. The molecule has 0 bridgehead atoms. The van der Waals surface area contributed by atoms with Crippen LogP contribution in [0.15, 0.2) is 47.7 Å². The molecular formula is C30H32BIN2O9. The summed E-state index contributed by atoms with van der Waals surface area (Å²) in [5, 5.41) is 21.1. The highest BCUT2D eigenvalue weighted by atomic mass is 127. The molecule has 0 unspecified atom stereocenters. The Morgan fingerprint density at radius 2 is 2.00 bits per heavy atom. The molecule has 1 aromatic carbocycles. The molecule has 13 heteroatoms. The molecule has 4 atom stereocenters. The van der Waals surface area contributed by atoms with E-state index in [2.05, 4.69) is 4.98 Å². The molecule has 2 aromatic rings. The Labute approximate surface area is 263 Å². The number of pyridine rings is 1. The van der Waals surface area contributed by atoms with Gasteiger partial charge < -0.3 is 29.0 Å². The summed E-state index contributed by atoms with van der Waals surface area (Å²) in [5.41, 5.74) is 4.11. The maximum absolute atomic E-state index is 13.4. The van der Waals surface area contributed by atoms with Gasteiger partial charge in [-0.05, 0) is 107 Å². The molecule has 3 aliphatic rings. The number of benzene rings is 1. The summed E-state index contributed by atoms with van der Waals surface area (Å²) < 4.78 is 22.3. The van der Waals surface area contributed by atoms with Crippen LogP contribution in [0.3, 0.4) is 0 Å². The van der Waals surface area contributed by atoms with Crippen molar-refractivity contribution in [3.63, 3.8) is 0 Å².